The summed E-state index contributed by atoms with van der Waals surface area (Å²) < 4.78 is 1.69. The lowest BCUT2D eigenvalue weighted by Gasteiger charge is -2.30. The molecule has 0 bridgehead atoms. The molecular formula is C15H21N3O. The summed E-state index contributed by atoms with van der Waals surface area (Å²) in [6, 6.07) is 7.67. The smallest absolute Gasteiger partial charge is 0.261 e. The lowest BCUT2D eigenvalue weighted by atomic mass is 9.87. The Morgan fingerprint density at radius 3 is 2.63 bits per heavy atom. The first-order valence-electron chi connectivity index (χ1n) is 6.55. The van der Waals surface area contributed by atoms with Crippen LogP contribution in [0.1, 0.15) is 20.8 Å². The minimum absolute atomic E-state index is 0.0232. The Morgan fingerprint density at radius 1 is 1.32 bits per heavy atom. The van der Waals surface area contributed by atoms with Gasteiger partial charge in [0.15, 0.2) is 0 Å². The maximum Gasteiger partial charge on any atom is 0.261 e. The number of fused-ring (bicyclic) bond motifs is 1. The maximum absolute atomic E-state index is 12.4. The first-order valence-corrected chi connectivity index (χ1v) is 6.55. The van der Waals surface area contributed by atoms with E-state index in [0.717, 1.165) is 5.52 Å². The Balaban J connectivity index is 2.41. The predicted octanol–water partition coefficient (Wildman–Crippen LogP) is 2.03. The third kappa shape index (κ3) is 2.84. The summed E-state index contributed by atoms with van der Waals surface area (Å²) >= 11 is 0. The number of likely N-dealkylation sites (N-methyl/N-ethyl adjacent to an activating group) is 1. The standard InChI is InChI=1S/C15H21N3O/c1-15(2,3)13(16-4)9-18-10-17-12-8-6-5-7-11(12)14(18)19/h5-8,10,13,16H,9H2,1-4H3. The van der Waals surface area contributed by atoms with Crippen molar-refractivity contribution < 1.29 is 0 Å². The molecule has 1 N–H and O–H groups in total. The van der Waals surface area contributed by atoms with E-state index in [4.69, 9.17) is 0 Å². The van der Waals surface area contributed by atoms with E-state index >= 15 is 0 Å². The van der Waals surface area contributed by atoms with Crippen LogP contribution in [0.15, 0.2) is 35.4 Å². The van der Waals surface area contributed by atoms with Crippen LogP contribution in [0.25, 0.3) is 10.9 Å². The van der Waals surface area contributed by atoms with E-state index in [2.05, 4.69) is 31.1 Å². The maximum atomic E-state index is 12.4. The third-order valence-electron chi connectivity index (χ3n) is 3.50. The van der Waals surface area contributed by atoms with Crippen molar-refractivity contribution in [2.45, 2.75) is 33.4 Å². The van der Waals surface area contributed by atoms with Crippen LogP contribution in [0.3, 0.4) is 0 Å². The van der Waals surface area contributed by atoms with Gasteiger partial charge < -0.3 is 5.32 Å². The number of benzene rings is 1. The molecule has 0 aliphatic rings. The molecule has 1 atom stereocenters. The highest BCUT2D eigenvalue weighted by Gasteiger charge is 2.23. The molecule has 19 heavy (non-hydrogen) atoms. The fourth-order valence-electron chi connectivity index (χ4n) is 2.23. The normalized spacial score (nSPS) is 13.7. The van der Waals surface area contributed by atoms with Crippen LogP contribution >= 0.6 is 0 Å². The number of hydrogen-bond donors (Lipinski definition) is 1. The first kappa shape index (κ1) is 13.7. The molecule has 0 radical (unpaired) electrons. The van der Waals surface area contributed by atoms with Gasteiger partial charge in [0.25, 0.3) is 5.56 Å². The zero-order valence-electron chi connectivity index (χ0n) is 12.0. The van der Waals surface area contributed by atoms with Gasteiger partial charge in [-0.25, -0.2) is 4.98 Å². The molecule has 0 amide bonds. The second-order valence-corrected chi connectivity index (χ2v) is 5.93. The van der Waals surface area contributed by atoms with Gasteiger partial charge in [-0.2, -0.15) is 0 Å². The van der Waals surface area contributed by atoms with E-state index in [1.807, 2.05) is 31.3 Å². The number of nitrogens with zero attached hydrogens (tertiary/aromatic N) is 2. The van der Waals surface area contributed by atoms with Crippen LogP contribution in [0.5, 0.6) is 0 Å². The van der Waals surface area contributed by atoms with E-state index in [9.17, 15) is 4.79 Å². The molecule has 0 aliphatic heterocycles. The number of rotatable bonds is 3. The average Bonchev–Trinajstić information content (AvgIpc) is 2.37. The summed E-state index contributed by atoms with van der Waals surface area (Å²) in [6.07, 6.45) is 1.64. The molecule has 102 valence electrons. The van der Waals surface area contributed by atoms with E-state index in [1.165, 1.54) is 0 Å². The molecule has 0 fully saturated rings. The van der Waals surface area contributed by atoms with E-state index in [0.29, 0.717) is 11.9 Å². The zero-order valence-corrected chi connectivity index (χ0v) is 12.0. The third-order valence-corrected chi connectivity index (χ3v) is 3.50. The number of hydrogen-bond acceptors (Lipinski definition) is 3. The van der Waals surface area contributed by atoms with Crippen molar-refractivity contribution in [1.82, 2.24) is 14.9 Å². The minimum atomic E-state index is 0.0232. The van der Waals surface area contributed by atoms with Crippen molar-refractivity contribution in [3.63, 3.8) is 0 Å². The molecule has 0 saturated heterocycles. The summed E-state index contributed by atoms with van der Waals surface area (Å²) in [5.41, 5.74) is 0.857. The fourth-order valence-corrected chi connectivity index (χ4v) is 2.23. The summed E-state index contributed by atoms with van der Waals surface area (Å²) in [5, 5.41) is 3.95. The molecule has 0 aliphatic carbocycles. The lowest BCUT2D eigenvalue weighted by molar-refractivity contribution is 0.252. The SMILES string of the molecule is CNC(Cn1cnc2ccccc2c1=O)C(C)(C)C. The molecule has 2 rings (SSSR count). The Morgan fingerprint density at radius 2 is 2.00 bits per heavy atom. The van der Waals surface area contributed by atoms with Crippen LogP contribution in [0.4, 0.5) is 0 Å². The van der Waals surface area contributed by atoms with Crippen LogP contribution in [-0.2, 0) is 6.54 Å². The molecular weight excluding hydrogens is 238 g/mol. The van der Waals surface area contributed by atoms with Gasteiger partial charge in [0.05, 0.1) is 17.2 Å². The van der Waals surface area contributed by atoms with Crippen LogP contribution in [-0.4, -0.2) is 22.6 Å². The van der Waals surface area contributed by atoms with Crippen LogP contribution in [0, 0.1) is 5.41 Å². The van der Waals surface area contributed by atoms with Crippen molar-refractivity contribution in [1.29, 1.82) is 0 Å². The van der Waals surface area contributed by atoms with Gasteiger partial charge in [-0.05, 0) is 24.6 Å². The summed E-state index contributed by atoms with van der Waals surface area (Å²) in [7, 11) is 1.93. The van der Waals surface area contributed by atoms with Gasteiger partial charge in [0.1, 0.15) is 0 Å². The largest absolute Gasteiger partial charge is 0.315 e. The van der Waals surface area contributed by atoms with Crippen molar-refractivity contribution in [2.24, 2.45) is 5.41 Å². The number of aromatic nitrogens is 2. The second kappa shape index (κ2) is 5.13. The van der Waals surface area contributed by atoms with Crippen molar-refractivity contribution >= 4 is 10.9 Å². The molecule has 4 nitrogen and oxygen atoms in total. The highest BCUT2D eigenvalue weighted by atomic mass is 16.1. The van der Waals surface area contributed by atoms with Gasteiger partial charge in [0.2, 0.25) is 0 Å². The van der Waals surface area contributed by atoms with Crippen LogP contribution < -0.4 is 10.9 Å². The Kier molecular flexibility index (Phi) is 3.71. The molecule has 1 aromatic heterocycles. The zero-order chi connectivity index (χ0) is 14.0. The highest BCUT2D eigenvalue weighted by molar-refractivity contribution is 5.76. The minimum Gasteiger partial charge on any atom is -0.315 e. The van der Waals surface area contributed by atoms with E-state index in [-0.39, 0.29) is 17.0 Å². The van der Waals surface area contributed by atoms with E-state index < -0.39 is 0 Å². The van der Waals surface area contributed by atoms with Crippen molar-refractivity contribution in [3.05, 3.63) is 40.9 Å². The molecule has 2 aromatic rings. The summed E-state index contributed by atoms with van der Waals surface area (Å²) in [5.74, 6) is 0. The van der Waals surface area contributed by atoms with Crippen molar-refractivity contribution in [2.75, 3.05) is 7.05 Å². The lowest BCUT2D eigenvalue weighted by Crippen LogP contribution is -2.43. The average molecular weight is 259 g/mol. The number of nitrogens with one attached hydrogen (secondary N) is 1. The molecule has 1 heterocycles. The van der Waals surface area contributed by atoms with Gasteiger partial charge in [-0.15, -0.1) is 0 Å². The highest BCUT2D eigenvalue weighted by Crippen LogP contribution is 2.20. The topological polar surface area (TPSA) is 46.9 Å². The summed E-state index contributed by atoms with van der Waals surface area (Å²) in [6.45, 7) is 7.10. The Hall–Kier alpha value is -1.68. The van der Waals surface area contributed by atoms with Gasteiger partial charge >= 0.3 is 0 Å². The van der Waals surface area contributed by atoms with Gasteiger partial charge in [0, 0.05) is 12.6 Å². The first-order chi connectivity index (χ1) is 8.93. The molecule has 4 heteroatoms. The monoisotopic (exact) mass is 259 g/mol. The number of para-hydroxylation sites is 1. The fraction of sp³-hybridized carbons (Fsp3) is 0.467. The van der Waals surface area contributed by atoms with Gasteiger partial charge in [-0.3, -0.25) is 9.36 Å². The quantitative estimate of drug-likeness (QED) is 0.917. The van der Waals surface area contributed by atoms with Gasteiger partial charge in [-0.1, -0.05) is 32.9 Å². The Bertz CT molecular complexity index is 625. The molecule has 0 spiro atoms. The molecule has 1 aromatic carbocycles. The van der Waals surface area contributed by atoms with E-state index in [1.54, 1.807) is 10.9 Å². The molecule has 1 unspecified atom stereocenters. The Labute approximate surface area is 113 Å². The van der Waals surface area contributed by atoms with Crippen LogP contribution in [0.2, 0.25) is 0 Å². The predicted molar refractivity (Wildman–Crippen MR) is 78.3 cm³/mol. The molecule has 0 saturated carbocycles. The van der Waals surface area contributed by atoms with Crippen molar-refractivity contribution in [3.8, 4) is 0 Å². The second-order valence-electron chi connectivity index (χ2n) is 5.93. The summed E-state index contributed by atoms with van der Waals surface area (Å²) in [4.78, 5) is 16.7.